The van der Waals surface area contributed by atoms with E-state index in [0.717, 1.165) is 11.1 Å². The van der Waals surface area contributed by atoms with Gasteiger partial charge in [0, 0.05) is 22.2 Å². The third kappa shape index (κ3) is 3.12. The Hall–Kier alpha value is -2.76. The van der Waals surface area contributed by atoms with Gasteiger partial charge in [-0.2, -0.15) is 0 Å². The van der Waals surface area contributed by atoms with Crippen LogP contribution < -0.4 is 4.90 Å². The molecule has 0 spiro atoms. The van der Waals surface area contributed by atoms with Gasteiger partial charge < -0.3 is 0 Å². The lowest BCUT2D eigenvalue weighted by molar-refractivity contribution is -0.113. The maximum Gasteiger partial charge on any atom is 0.284 e. The van der Waals surface area contributed by atoms with E-state index in [1.165, 1.54) is 11.3 Å². The number of nitrogens with zero attached hydrogens (tertiary/aromatic N) is 3. The molecule has 0 atom stereocenters. The summed E-state index contributed by atoms with van der Waals surface area (Å²) in [5.74, 6) is 0.393. The topological polar surface area (TPSA) is 45.6 Å². The lowest BCUT2D eigenvalue weighted by Crippen LogP contribution is -2.32. The minimum absolute atomic E-state index is 0.191. The van der Waals surface area contributed by atoms with Crippen molar-refractivity contribution >= 4 is 45.9 Å². The van der Waals surface area contributed by atoms with Gasteiger partial charge in [0.05, 0.1) is 0 Å². The number of benzene rings is 2. The minimum atomic E-state index is -0.191. The van der Waals surface area contributed by atoms with Crippen molar-refractivity contribution in [3.8, 4) is 0 Å². The maximum atomic E-state index is 12.9. The molecule has 6 heteroatoms. The first-order chi connectivity index (χ1) is 12.2. The molecule has 0 N–H and O–H groups in total. The molecule has 0 aliphatic carbocycles. The fraction of sp³-hybridized carbons (Fsp3) is 0. The van der Waals surface area contributed by atoms with E-state index >= 15 is 0 Å². The molecule has 4 rings (SSSR count). The number of carbonyl (C=O) groups excluding carboxylic acids is 1. The Morgan fingerprint density at radius 1 is 1.04 bits per heavy atom. The molecule has 1 aliphatic heterocycles. The monoisotopic (exact) mass is 365 g/mol. The second-order valence-corrected chi connectivity index (χ2v) is 6.65. The van der Waals surface area contributed by atoms with Gasteiger partial charge in [-0.05, 0) is 23.8 Å². The molecule has 2 aromatic carbocycles. The van der Waals surface area contributed by atoms with Gasteiger partial charge in [0.2, 0.25) is 0 Å². The predicted octanol–water partition coefficient (Wildman–Crippen LogP) is 4.63. The standard InChI is InChI=1S/C19H12ClN3OS/c20-15-8-6-13(7-9-15)12-16-18(24)23(19-21-10-11-25-19)17(22-16)14-4-2-1-3-5-14/h1-12H. The zero-order valence-electron chi connectivity index (χ0n) is 13.0. The summed E-state index contributed by atoms with van der Waals surface area (Å²) in [7, 11) is 0. The van der Waals surface area contributed by atoms with Crippen molar-refractivity contribution in [3.05, 3.63) is 88.0 Å². The van der Waals surface area contributed by atoms with Gasteiger partial charge in [-0.3, -0.25) is 4.79 Å². The van der Waals surface area contributed by atoms with Crippen molar-refractivity contribution in [2.75, 3.05) is 4.90 Å². The lowest BCUT2D eigenvalue weighted by atomic mass is 10.2. The van der Waals surface area contributed by atoms with Gasteiger partial charge in [-0.1, -0.05) is 54.1 Å². The Labute approximate surface area is 153 Å². The molecule has 0 bridgehead atoms. The second-order valence-electron chi connectivity index (χ2n) is 5.34. The first kappa shape index (κ1) is 15.7. The lowest BCUT2D eigenvalue weighted by Gasteiger charge is -2.14. The Bertz CT molecular complexity index is 964. The molecule has 25 heavy (non-hydrogen) atoms. The largest absolute Gasteiger partial charge is 0.284 e. The highest BCUT2D eigenvalue weighted by Gasteiger charge is 2.33. The second kappa shape index (κ2) is 6.63. The average Bonchev–Trinajstić information content (AvgIpc) is 3.26. The molecule has 3 aromatic rings. The number of hydrogen-bond donors (Lipinski definition) is 0. The molecule has 0 fully saturated rings. The number of thiazole rings is 1. The van der Waals surface area contributed by atoms with E-state index in [9.17, 15) is 4.79 Å². The summed E-state index contributed by atoms with van der Waals surface area (Å²) in [6.45, 7) is 0. The molecule has 1 amide bonds. The van der Waals surface area contributed by atoms with Gasteiger partial charge in [0.25, 0.3) is 5.91 Å². The number of rotatable bonds is 3. The summed E-state index contributed by atoms with van der Waals surface area (Å²) in [6, 6.07) is 16.9. The molecular weight excluding hydrogens is 354 g/mol. The summed E-state index contributed by atoms with van der Waals surface area (Å²) >= 11 is 7.32. The highest BCUT2D eigenvalue weighted by molar-refractivity contribution is 7.14. The fourth-order valence-electron chi connectivity index (χ4n) is 2.52. The zero-order valence-corrected chi connectivity index (χ0v) is 14.5. The molecule has 0 radical (unpaired) electrons. The van der Waals surface area contributed by atoms with Crippen LogP contribution in [0.1, 0.15) is 11.1 Å². The molecule has 2 heterocycles. The van der Waals surface area contributed by atoms with Crippen LogP contribution in [0, 0.1) is 0 Å². The van der Waals surface area contributed by atoms with Crippen LogP contribution in [0.25, 0.3) is 6.08 Å². The van der Waals surface area contributed by atoms with E-state index < -0.39 is 0 Å². The third-order valence-electron chi connectivity index (χ3n) is 3.68. The van der Waals surface area contributed by atoms with Gasteiger partial charge in [0.15, 0.2) is 5.13 Å². The summed E-state index contributed by atoms with van der Waals surface area (Å²) in [5, 5.41) is 3.09. The zero-order chi connectivity index (χ0) is 17.2. The van der Waals surface area contributed by atoms with Gasteiger partial charge >= 0.3 is 0 Å². The van der Waals surface area contributed by atoms with E-state index in [2.05, 4.69) is 9.98 Å². The van der Waals surface area contributed by atoms with Crippen molar-refractivity contribution in [1.82, 2.24) is 4.98 Å². The molecule has 122 valence electrons. The van der Waals surface area contributed by atoms with Crippen molar-refractivity contribution in [2.24, 2.45) is 4.99 Å². The minimum Gasteiger partial charge on any atom is -0.266 e. The van der Waals surface area contributed by atoms with Crippen molar-refractivity contribution in [1.29, 1.82) is 0 Å². The highest BCUT2D eigenvalue weighted by atomic mass is 35.5. The van der Waals surface area contributed by atoms with Crippen LogP contribution in [0.15, 0.2) is 76.9 Å². The van der Waals surface area contributed by atoms with Crippen LogP contribution in [0.5, 0.6) is 0 Å². The first-order valence-electron chi connectivity index (χ1n) is 7.58. The van der Waals surface area contributed by atoms with Crippen molar-refractivity contribution < 1.29 is 4.79 Å². The summed E-state index contributed by atoms with van der Waals surface area (Å²) in [6.07, 6.45) is 3.44. The Balaban J connectivity index is 1.80. The maximum absolute atomic E-state index is 12.9. The molecular formula is C19H12ClN3OS. The number of anilines is 1. The van der Waals surface area contributed by atoms with Gasteiger partial charge in [-0.15, -0.1) is 11.3 Å². The summed E-state index contributed by atoms with van der Waals surface area (Å²) in [5.41, 5.74) is 2.10. The van der Waals surface area contributed by atoms with E-state index in [1.807, 2.05) is 47.8 Å². The van der Waals surface area contributed by atoms with E-state index in [1.54, 1.807) is 29.3 Å². The molecule has 0 saturated carbocycles. The predicted molar refractivity (Wildman–Crippen MR) is 102 cm³/mol. The first-order valence-corrected chi connectivity index (χ1v) is 8.83. The fourth-order valence-corrected chi connectivity index (χ4v) is 3.28. The Morgan fingerprint density at radius 2 is 1.80 bits per heavy atom. The van der Waals surface area contributed by atoms with Crippen LogP contribution in [0.3, 0.4) is 0 Å². The molecule has 4 nitrogen and oxygen atoms in total. The average molecular weight is 366 g/mol. The van der Waals surface area contributed by atoms with Crippen LogP contribution in [-0.2, 0) is 4.79 Å². The van der Waals surface area contributed by atoms with Crippen LogP contribution >= 0.6 is 22.9 Å². The quantitative estimate of drug-likeness (QED) is 0.635. The van der Waals surface area contributed by atoms with E-state index in [4.69, 9.17) is 11.6 Å². The highest BCUT2D eigenvalue weighted by Crippen LogP contribution is 2.29. The number of halogens is 1. The van der Waals surface area contributed by atoms with E-state index in [-0.39, 0.29) is 5.91 Å². The summed E-state index contributed by atoms with van der Waals surface area (Å²) < 4.78 is 0. The number of hydrogen-bond acceptors (Lipinski definition) is 4. The van der Waals surface area contributed by atoms with E-state index in [0.29, 0.717) is 21.7 Å². The van der Waals surface area contributed by atoms with Crippen LogP contribution in [0.4, 0.5) is 5.13 Å². The van der Waals surface area contributed by atoms with Crippen LogP contribution in [-0.4, -0.2) is 16.7 Å². The third-order valence-corrected chi connectivity index (χ3v) is 4.68. The molecule has 1 aromatic heterocycles. The molecule has 0 saturated heterocycles. The number of amidine groups is 1. The smallest absolute Gasteiger partial charge is 0.266 e. The molecule has 0 unspecified atom stereocenters. The van der Waals surface area contributed by atoms with Gasteiger partial charge in [-0.25, -0.2) is 14.9 Å². The normalized spacial score (nSPS) is 15.7. The Morgan fingerprint density at radius 3 is 2.48 bits per heavy atom. The Kier molecular flexibility index (Phi) is 4.17. The summed E-state index contributed by atoms with van der Waals surface area (Å²) in [4.78, 5) is 23.4. The van der Waals surface area contributed by atoms with Crippen molar-refractivity contribution in [3.63, 3.8) is 0 Å². The number of carbonyl (C=O) groups is 1. The van der Waals surface area contributed by atoms with Gasteiger partial charge in [0.1, 0.15) is 11.5 Å². The molecule has 1 aliphatic rings. The number of amides is 1. The number of aromatic nitrogens is 1. The van der Waals surface area contributed by atoms with Crippen LogP contribution in [0.2, 0.25) is 5.02 Å². The van der Waals surface area contributed by atoms with Crippen molar-refractivity contribution in [2.45, 2.75) is 0 Å². The SMILES string of the molecule is O=C1C(=Cc2ccc(Cl)cc2)N=C(c2ccccc2)N1c1nccs1. The number of aliphatic imine (C=N–C) groups is 1.